The Morgan fingerprint density at radius 2 is 1.77 bits per heavy atom. The van der Waals surface area contributed by atoms with Crippen LogP contribution in [0.3, 0.4) is 0 Å². The van der Waals surface area contributed by atoms with Crippen LogP contribution in [0.25, 0.3) is 22.0 Å². The zero-order valence-corrected chi connectivity index (χ0v) is 23.5. The molecule has 1 fully saturated rings. The van der Waals surface area contributed by atoms with Gasteiger partial charge in [0.05, 0.1) is 10.5 Å². The monoisotopic (exact) mass is 568 g/mol. The highest BCUT2D eigenvalue weighted by molar-refractivity contribution is 7.92. The Kier molecular flexibility index (Phi) is 7.70. The van der Waals surface area contributed by atoms with E-state index in [0.717, 1.165) is 42.1 Å². The van der Waals surface area contributed by atoms with Crippen molar-refractivity contribution < 1.29 is 12.8 Å². The van der Waals surface area contributed by atoms with Crippen LogP contribution >= 0.6 is 11.6 Å². The molecular formula is C28H30ClFN6O2S. The molecule has 2 N–H and O–H groups in total. The molecule has 204 valence electrons. The maximum Gasteiger partial charge on any atom is 0.264 e. The molecule has 8 nitrogen and oxygen atoms in total. The van der Waals surface area contributed by atoms with Crippen LogP contribution in [0, 0.1) is 12.7 Å². The van der Waals surface area contributed by atoms with Gasteiger partial charge in [0, 0.05) is 34.9 Å². The lowest BCUT2D eigenvalue weighted by molar-refractivity contribution is 0.221. The van der Waals surface area contributed by atoms with Crippen molar-refractivity contribution in [1.29, 1.82) is 0 Å². The number of rotatable bonds is 7. The zero-order chi connectivity index (χ0) is 27.7. The maximum atomic E-state index is 15.1. The minimum Gasteiger partial charge on any atom is -0.351 e. The molecule has 5 rings (SSSR count). The zero-order valence-electron chi connectivity index (χ0n) is 21.9. The van der Waals surface area contributed by atoms with E-state index in [9.17, 15) is 8.42 Å². The molecule has 0 aliphatic heterocycles. The molecule has 0 radical (unpaired) electrons. The highest BCUT2D eigenvalue weighted by Gasteiger charge is 2.23. The summed E-state index contributed by atoms with van der Waals surface area (Å²) >= 11 is 6.02. The standard InChI is InChI=1S/C28H30ClFN6O2S/c1-17-22(15-24(30)27(32-17)35-39(37,38)26-7-5-4-6-23(26)29)18-8-13-25-19(14-18)16-31-28(34-25)33-20-9-11-21(12-10-20)36(2)3/h4-8,13-16,20-21H,9-12H2,1-3H3,(H,32,35)(H,31,33,34). The predicted octanol–water partition coefficient (Wildman–Crippen LogP) is 5.88. The van der Waals surface area contributed by atoms with Crippen LogP contribution in [0.5, 0.6) is 0 Å². The number of sulfonamides is 1. The van der Waals surface area contributed by atoms with Crippen LogP contribution in [0.1, 0.15) is 31.4 Å². The first-order chi connectivity index (χ1) is 18.6. The molecule has 2 aromatic carbocycles. The number of pyridine rings is 1. The Bertz CT molecular complexity index is 1620. The smallest absolute Gasteiger partial charge is 0.264 e. The minimum atomic E-state index is -4.12. The van der Waals surface area contributed by atoms with Crippen molar-refractivity contribution in [2.45, 2.75) is 49.6 Å². The first-order valence-electron chi connectivity index (χ1n) is 12.8. The molecule has 2 aromatic heterocycles. The molecule has 0 saturated heterocycles. The summed E-state index contributed by atoms with van der Waals surface area (Å²) in [6.07, 6.45) is 6.19. The van der Waals surface area contributed by atoms with E-state index in [1.54, 1.807) is 19.2 Å². The van der Waals surface area contributed by atoms with Gasteiger partial charge in [0.1, 0.15) is 4.90 Å². The molecule has 0 unspecified atom stereocenters. The number of halogens is 2. The molecule has 0 bridgehead atoms. The molecule has 0 spiro atoms. The van der Waals surface area contributed by atoms with E-state index in [-0.39, 0.29) is 9.92 Å². The number of fused-ring (bicyclic) bond motifs is 1. The Morgan fingerprint density at radius 1 is 1.03 bits per heavy atom. The van der Waals surface area contributed by atoms with Gasteiger partial charge in [0.25, 0.3) is 10.0 Å². The van der Waals surface area contributed by atoms with Crippen LogP contribution in [-0.2, 0) is 10.0 Å². The van der Waals surface area contributed by atoms with Gasteiger partial charge in [-0.05, 0) is 82.6 Å². The minimum absolute atomic E-state index is 0.0344. The van der Waals surface area contributed by atoms with Gasteiger partial charge in [-0.2, -0.15) is 0 Å². The highest BCUT2D eigenvalue weighted by Crippen LogP contribution is 2.31. The lowest BCUT2D eigenvalue weighted by Gasteiger charge is -2.32. The summed E-state index contributed by atoms with van der Waals surface area (Å²) in [5.41, 5.74) is 2.49. The first-order valence-corrected chi connectivity index (χ1v) is 14.6. The molecule has 0 atom stereocenters. The fourth-order valence-corrected chi connectivity index (χ4v) is 6.51. The summed E-state index contributed by atoms with van der Waals surface area (Å²) < 4.78 is 42.8. The Morgan fingerprint density at radius 3 is 2.49 bits per heavy atom. The van der Waals surface area contributed by atoms with Crippen molar-refractivity contribution >= 4 is 44.3 Å². The third-order valence-electron chi connectivity index (χ3n) is 7.17. The van der Waals surface area contributed by atoms with E-state index < -0.39 is 21.7 Å². The van der Waals surface area contributed by atoms with Crippen molar-refractivity contribution in [2.24, 2.45) is 0 Å². The predicted molar refractivity (Wildman–Crippen MR) is 153 cm³/mol. The topological polar surface area (TPSA) is 100 Å². The van der Waals surface area contributed by atoms with E-state index in [1.165, 1.54) is 24.3 Å². The van der Waals surface area contributed by atoms with Crippen LogP contribution in [0.4, 0.5) is 16.2 Å². The molecule has 1 aliphatic carbocycles. The van der Waals surface area contributed by atoms with Crippen molar-refractivity contribution in [3.8, 4) is 11.1 Å². The van der Waals surface area contributed by atoms with Crippen LogP contribution in [-0.4, -0.2) is 54.4 Å². The lowest BCUT2D eigenvalue weighted by atomic mass is 9.91. The summed E-state index contributed by atoms with van der Waals surface area (Å²) in [5, 5.41) is 4.31. The first kappa shape index (κ1) is 27.2. The van der Waals surface area contributed by atoms with E-state index in [0.29, 0.717) is 29.3 Å². The lowest BCUT2D eigenvalue weighted by Crippen LogP contribution is -2.36. The quantitative estimate of drug-likeness (QED) is 0.287. The third-order valence-corrected chi connectivity index (χ3v) is 9.01. The number of anilines is 2. The van der Waals surface area contributed by atoms with Gasteiger partial charge in [-0.3, -0.25) is 4.72 Å². The SMILES string of the molecule is Cc1nc(NS(=O)(=O)c2ccccc2Cl)c(F)cc1-c1ccc2nc(NC3CCC(N(C)C)CC3)ncc2c1. The van der Waals surface area contributed by atoms with Crippen LogP contribution in [0.15, 0.2) is 59.6 Å². The second-order valence-electron chi connectivity index (χ2n) is 10.1. The van der Waals surface area contributed by atoms with E-state index in [2.05, 4.69) is 44.0 Å². The van der Waals surface area contributed by atoms with Crippen molar-refractivity contribution in [3.05, 3.63) is 71.3 Å². The van der Waals surface area contributed by atoms with Gasteiger partial charge in [-0.1, -0.05) is 29.8 Å². The number of aromatic nitrogens is 3. The van der Waals surface area contributed by atoms with Crippen LogP contribution < -0.4 is 10.0 Å². The second-order valence-corrected chi connectivity index (χ2v) is 12.1. The average molecular weight is 569 g/mol. The highest BCUT2D eigenvalue weighted by atomic mass is 35.5. The molecule has 0 amide bonds. The summed E-state index contributed by atoms with van der Waals surface area (Å²) in [6, 6.07) is 13.8. The molecule has 1 saturated carbocycles. The normalized spacial score (nSPS) is 17.9. The maximum absolute atomic E-state index is 15.1. The van der Waals surface area contributed by atoms with Gasteiger partial charge in [0.15, 0.2) is 11.6 Å². The van der Waals surface area contributed by atoms with Gasteiger partial charge in [-0.25, -0.2) is 27.8 Å². The molecule has 2 heterocycles. The molecule has 11 heteroatoms. The number of nitrogens with one attached hydrogen (secondary N) is 2. The number of hydrogen-bond donors (Lipinski definition) is 2. The number of nitrogens with zero attached hydrogens (tertiary/aromatic N) is 4. The van der Waals surface area contributed by atoms with Gasteiger partial charge < -0.3 is 10.2 Å². The second kappa shape index (κ2) is 11.0. The van der Waals surface area contributed by atoms with Crippen molar-refractivity contribution in [3.63, 3.8) is 0 Å². The summed E-state index contributed by atoms with van der Waals surface area (Å²) in [7, 11) is 0.136. The van der Waals surface area contributed by atoms with E-state index in [4.69, 9.17) is 11.6 Å². The number of hydrogen-bond acceptors (Lipinski definition) is 7. The summed E-state index contributed by atoms with van der Waals surface area (Å²) in [5.74, 6) is -0.593. The van der Waals surface area contributed by atoms with E-state index >= 15 is 4.39 Å². The molecule has 1 aliphatic rings. The van der Waals surface area contributed by atoms with Gasteiger partial charge >= 0.3 is 0 Å². The summed E-state index contributed by atoms with van der Waals surface area (Å²) in [4.78, 5) is 15.5. The Labute approximate surface area is 232 Å². The van der Waals surface area contributed by atoms with Gasteiger partial charge in [0.2, 0.25) is 5.95 Å². The van der Waals surface area contributed by atoms with Crippen molar-refractivity contribution in [1.82, 2.24) is 19.9 Å². The van der Waals surface area contributed by atoms with E-state index in [1.807, 2.05) is 18.2 Å². The molecular weight excluding hydrogens is 539 g/mol. The van der Waals surface area contributed by atoms with Crippen molar-refractivity contribution in [2.75, 3.05) is 24.1 Å². The fraction of sp³-hybridized carbons (Fsp3) is 0.321. The fourth-order valence-electron chi connectivity index (χ4n) is 4.98. The van der Waals surface area contributed by atoms with Crippen LogP contribution in [0.2, 0.25) is 5.02 Å². The molecule has 4 aromatic rings. The van der Waals surface area contributed by atoms with Gasteiger partial charge in [-0.15, -0.1) is 0 Å². The summed E-state index contributed by atoms with van der Waals surface area (Å²) in [6.45, 7) is 1.70. The Hall–Kier alpha value is -3.34. The average Bonchev–Trinajstić information content (AvgIpc) is 2.90. The number of aryl methyl sites for hydroxylation is 1. The largest absolute Gasteiger partial charge is 0.351 e. The molecule has 39 heavy (non-hydrogen) atoms. The number of benzene rings is 2. The Balaban J connectivity index is 1.34. The third kappa shape index (κ3) is 5.98.